The second kappa shape index (κ2) is 7.62. The van der Waals surface area contributed by atoms with Crippen LogP contribution in [-0.4, -0.2) is 22.8 Å². The van der Waals surface area contributed by atoms with Crippen molar-refractivity contribution in [3.8, 4) is 0 Å². The standard InChI is InChI=1S/C15H28N4O/c1-4-12-7-5-6-8-13(12)17-15-19-18-14(20-15)10-16-9-11(2)3/h11-13,16H,4-10H2,1-3H3,(H,17,19). The third-order valence-corrected chi connectivity index (χ3v) is 4.04. The zero-order valence-corrected chi connectivity index (χ0v) is 13.0. The van der Waals surface area contributed by atoms with Crippen molar-refractivity contribution in [1.29, 1.82) is 0 Å². The molecule has 1 heterocycles. The molecule has 1 aromatic heterocycles. The lowest BCUT2D eigenvalue weighted by Gasteiger charge is -2.30. The van der Waals surface area contributed by atoms with Crippen LogP contribution in [0.1, 0.15) is 58.8 Å². The Bertz CT molecular complexity index is 391. The number of aromatic nitrogens is 2. The van der Waals surface area contributed by atoms with Crippen LogP contribution >= 0.6 is 0 Å². The fraction of sp³-hybridized carbons (Fsp3) is 0.867. The van der Waals surface area contributed by atoms with Crippen molar-refractivity contribution in [2.45, 2.75) is 65.5 Å². The van der Waals surface area contributed by atoms with Gasteiger partial charge in [0.15, 0.2) is 0 Å². The van der Waals surface area contributed by atoms with Crippen molar-refractivity contribution in [1.82, 2.24) is 15.5 Å². The minimum atomic E-state index is 0.491. The maximum absolute atomic E-state index is 5.67. The van der Waals surface area contributed by atoms with Crippen LogP contribution in [0.25, 0.3) is 0 Å². The van der Waals surface area contributed by atoms with Crippen LogP contribution in [0.15, 0.2) is 4.42 Å². The van der Waals surface area contributed by atoms with Gasteiger partial charge in [0.25, 0.3) is 0 Å². The Morgan fingerprint density at radius 1 is 1.25 bits per heavy atom. The molecule has 114 valence electrons. The third-order valence-electron chi connectivity index (χ3n) is 4.04. The molecule has 0 spiro atoms. The Morgan fingerprint density at radius 2 is 2.05 bits per heavy atom. The van der Waals surface area contributed by atoms with Gasteiger partial charge in [-0.15, -0.1) is 5.10 Å². The van der Waals surface area contributed by atoms with E-state index < -0.39 is 0 Å². The van der Waals surface area contributed by atoms with Crippen molar-refractivity contribution in [3.05, 3.63) is 5.89 Å². The monoisotopic (exact) mass is 280 g/mol. The molecule has 0 saturated heterocycles. The summed E-state index contributed by atoms with van der Waals surface area (Å²) >= 11 is 0. The molecule has 1 aliphatic carbocycles. The maximum atomic E-state index is 5.67. The summed E-state index contributed by atoms with van der Waals surface area (Å²) < 4.78 is 5.67. The minimum absolute atomic E-state index is 0.491. The molecule has 1 aromatic rings. The lowest BCUT2D eigenvalue weighted by atomic mass is 9.83. The second-order valence-corrected chi connectivity index (χ2v) is 6.23. The quantitative estimate of drug-likeness (QED) is 0.803. The van der Waals surface area contributed by atoms with E-state index in [9.17, 15) is 0 Å². The van der Waals surface area contributed by atoms with Crippen molar-refractivity contribution >= 4 is 6.01 Å². The van der Waals surface area contributed by atoms with Gasteiger partial charge in [0.2, 0.25) is 5.89 Å². The number of anilines is 1. The first kappa shape index (κ1) is 15.3. The summed E-state index contributed by atoms with van der Waals surface area (Å²) in [6.45, 7) is 8.24. The average Bonchev–Trinajstić information content (AvgIpc) is 2.86. The molecule has 20 heavy (non-hydrogen) atoms. The Labute approximate surface area is 121 Å². The molecule has 0 amide bonds. The summed E-state index contributed by atoms with van der Waals surface area (Å²) in [5.41, 5.74) is 0. The third kappa shape index (κ3) is 4.47. The molecule has 2 N–H and O–H groups in total. The fourth-order valence-electron chi connectivity index (χ4n) is 2.90. The first-order valence-electron chi connectivity index (χ1n) is 7.98. The molecule has 5 heteroatoms. The normalized spacial score (nSPS) is 23.2. The van der Waals surface area contributed by atoms with Gasteiger partial charge in [-0.25, -0.2) is 0 Å². The van der Waals surface area contributed by atoms with E-state index in [1.165, 1.54) is 32.1 Å². The summed E-state index contributed by atoms with van der Waals surface area (Å²) in [5, 5.41) is 14.9. The van der Waals surface area contributed by atoms with Gasteiger partial charge < -0.3 is 15.1 Å². The van der Waals surface area contributed by atoms with Crippen LogP contribution in [-0.2, 0) is 6.54 Å². The van der Waals surface area contributed by atoms with Gasteiger partial charge in [0, 0.05) is 6.04 Å². The number of hydrogen-bond donors (Lipinski definition) is 2. The van der Waals surface area contributed by atoms with E-state index in [4.69, 9.17) is 4.42 Å². The van der Waals surface area contributed by atoms with Crippen LogP contribution in [0.4, 0.5) is 6.01 Å². The van der Waals surface area contributed by atoms with E-state index in [2.05, 4.69) is 41.6 Å². The Morgan fingerprint density at radius 3 is 2.80 bits per heavy atom. The molecule has 0 radical (unpaired) electrons. The van der Waals surface area contributed by atoms with Crippen LogP contribution < -0.4 is 10.6 Å². The van der Waals surface area contributed by atoms with Gasteiger partial charge in [-0.3, -0.25) is 0 Å². The van der Waals surface area contributed by atoms with E-state index >= 15 is 0 Å². The number of nitrogens with zero attached hydrogens (tertiary/aromatic N) is 2. The smallest absolute Gasteiger partial charge is 0.315 e. The van der Waals surface area contributed by atoms with Gasteiger partial charge in [-0.1, -0.05) is 45.1 Å². The van der Waals surface area contributed by atoms with Crippen molar-refractivity contribution < 1.29 is 4.42 Å². The summed E-state index contributed by atoms with van der Waals surface area (Å²) in [4.78, 5) is 0. The molecule has 0 aliphatic heterocycles. The molecule has 1 aliphatic rings. The predicted molar refractivity (Wildman–Crippen MR) is 80.5 cm³/mol. The van der Waals surface area contributed by atoms with E-state index in [1.807, 2.05) is 0 Å². The Kier molecular flexibility index (Phi) is 5.83. The largest absolute Gasteiger partial charge is 0.407 e. The van der Waals surface area contributed by atoms with E-state index in [0.29, 0.717) is 30.4 Å². The van der Waals surface area contributed by atoms with Crippen molar-refractivity contribution in [2.75, 3.05) is 11.9 Å². The van der Waals surface area contributed by atoms with Crippen LogP contribution in [0.3, 0.4) is 0 Å². The van der Waals surface area contributed by atoms with Crippen molar-refractivity contribution in [2.24, 2.45) is 11.8 Å². The summed E-state index contributed by atoms with van der Waals surface area (Å²) in [5.74, 6) is 2.03. The lowest BCUT2D eigenvalue weighted by molar-refractivity contribution is 0.311. The Hall–Kier alpha value is -1.10. The van der Waals surface area contributed by atoms with E-state index in [1.54, 1.807) is 0 Å². The highest BCUT2D eigenvalue weighted by atomic mass is 16.4. The van der Waals surface area contributed by atoms with Crippen LogP contribution in [0.2, 0.25) is 0 Å². The summed E-state index contributed by atoms with van der Waals surface area (Å²) in [7, 11) is 0. The molecule has 2 unspecified atom stereocenters. The molecule has 1 saturated carbocycles. The lowest BCUT2D eigenvalue weighted by Crippen LogP contribution is -2.31. The molecule has 2 atom stereocenters. The SMILES string of the molecule is CCC1CCCCC1Nc1nnc(CNCC(C)C)o1. The topological polar surface area (TPSA) is 63.0 Å². The second-order valence-electron chi connectivity index (χ2n) is 6.23. The highest BCUT2D eigenvalue weighted by Crippen LogP contribution is 2.29. The number of rotatable bonds is 7. The van der Waals surface area contributed by atoms with Gasteiger partial charge in [0.05, 0.1) is 6.54 Å². The zero-order valence-electron chi connectivity index (χ0n) is 13.0. The molecule has 1 fully saturated rings. The molecule has 5 nitrogen and oxygen atoms in total. The van der Waals surface area contributed by atoms with E-state index in [-0.39, 0.29) is 0 Å². The highest BCUT2D eigenvalue weighted by Gasteiger charge is 2.24. The molecule has 0 aromatic carbocycles. The molecule has 0 bridgehead atoms. The van der Waals surface area contributed by atoms with Crippen LogP contribution in [0.5, 0.6) is 0 Å². The first-order chi connectivity index (χ1) is 9.69. The molecular formula is C15H28N4O. The van der Waals surface area contributed by atoms with Gasteiger partial charge in [-0.2, -0.15) is 0 Å². The zero-order chi connectivity index (χ0) is 14.4. The van der Waals surface area contributed by atoms with Gasteiger partial charge in [0.1, 0.15) is 0 Å². The molecule has 2 rings (SSSR count). The first-order valence-corrected chi connectivity index (χ1v) is 7.98. The van der Waals surface area contributed by atoms with E-state index in [0.717, 1.165) is 12.5 Å². The maximum Gasteiger partial charge on any atom is 0.315 e. The van der Waals surface area contributed by atoms with Crippen LogP contribution in [0, 0.1) is 11.8 Å². The summed E-state index contributed by atoms with van der Waals surface area (Å²) in [6.07, 6.45) is 6.39. The Balaban J connectivity index is 1.82. The highest BCUT2D eigenvalue weighted by molar-refractivity contribution is 5.20. The van der Waals surface area contributed by atoms with Crippen molar-refractivity contribution in [3.63, 3.8) is 0 Å². The summed E-state index contributed by atoms with van der Waals surface area (Å²) in [6, 6.07) is 1.07. The minimum Gasteiger partial charge on any atom is -0.407 e. The average molecular weight is 280 g/mol. The van der Waals surface area contributed by atoms with Gasteiger partial charge in [-0.05, 0) is 31.2 Å². The molecular weight excluding hydrogens is 252 g/mol. The number of hydrogen-bond acceptors (Lipinski definition) is 5. The van der Waals surface area contributed by atoms with Gasteiger partial charge >= 0.3 is 6.01 Å². The fourth-order valence-corrected chi connectivity index (χ4v) is 2.90. The predicted octanol–water partition coefficient (Wildman–Crippen LogP) is 3.20. The number of nitrogens with one attached hydrogen (secondary N) is 2.